The van der Waals surface area contributed by atoms with Crippen molar-refractivity contribution in [2.24, 2.45) is 0 Å². The lowest BCUT2D eigenvalue weighted by atomic mass is 10.1. The summed E-state index contributed by atoms with van der Waals surface area (Å²) >= 11 is 0. The fourth-order valence-electron chi connectivity index (χ4n) is 3.01. The third-order valence-corrected chi connectivity index (χ3v) is 5.65. The lowest BCUT2D eigenvalue weighted by Crippen LogP contribution is -2.48. The Morgan fingerprint density at radius 2 is 1.79 bits per heavy atom. The number of rotatable bonds is 8. The molecule has 0 unspecified atom stereocenters. The number of carbonyl (C=O) groups is 1. The molecular formula is C20H25FN2O5S. The standard InChI is InChI=1S/C20H25FN2O5S/c1-13(18-12-17(27-3)9-10-19(18)28-4)22-20(24)14(2)23(29(5,25)26)16-8-6-7-15(21)11-16/h6-14H,1-5H3,(H,22,24)/t13-,14-/m1/s1. The Labute approximate surface area is 170 Å². The molecule has 0 heterocycles. The zero-order chi connectivity index (χ0) is 21.8. The van der Waals surface area contributed by atoms with Gasteiger partial charge >= 0.3 is 0 Å². The number of nitrogens with one attached hydrogen (secondary N) is 1. The van der Waals surface area contributed by atoms with Crippen LogP contribution in [0, 0.1) is 5.82 Å². The Balaban J connectivity index is 2.30. The molecule has 0 aromatic heterocycles. The molecule has 0 saturated heterocycles. The van der Waals surface area contributed by atoms with E-state index in [1.807, 2.05) is 0 Å². The molecule has 7 nitrogen and oxygen atoms in total. The minimum absolute atomic E-state index is 0.0711. The van der Waals surface area contributed by atoms with Crippen LogP contribution in [0.5, 0.6) is 11.5 Å². The second-order valence-corrected chi connectivity index (χ2v) is 8.41. The number of hydrogen-bond donors (Lipinski definition) is 1. The van der Waals surface area contributed by atoms with Crippen LogP contribution in [0.15, 0.2) is 42.5 Å². The Bertz CT molecular complexity index is 981. The lowest BCUT2D eigenvalue weighted by Gasteiger charge is -2.29. The van der Waals surface area contributed by atoms with Crippen LogP contribution in [-0.4, -0.2) is 40.8 Å². The summed E-state index contributed by atoms with van der Waals surface area (Å²) < 4.78 is 49.7. The maximum Gasteiger partial charge on any atom is 0.244 e. The van der Waals surface area contributed by atoms with E-state index in [0.717, 1.165) is 16.6 Å². The van der Waals surface area contributed by atoms with Crippen LogP contribution >= 0.6 is 0 Å². The number of ether oxygens (including phenoxy) is 2. The molecule has 0 bridgehead atoms. The van der Waals surface area contributed by atoms with E-state index in [1.54, 1.807) is 25.1 Å². The van der Waals surface area contributed by atoms with Crippen LogP contribution in [0.1, 0.15) is 25.5 Å². The highest BCUT2D eigenvalue weighted by atomic mass is 32.2. The van der Waals surface area contributed by atoms with Gasteiger partial charge in [-0.1, -0.05) is 6.07 Å². The summed E-state index contributed by atoms with van der Waals surface area (Å²) in [5.41, 5.74) is 0.742. The SMILES string of the molecule is COc1ccc(OC)c([C@@H](C)NC(=O)[C@@H](C)N(c2cccc(F)c2)S(C)(=O)=O)c1. The Morgan fingerprint density at radius 1 is 1.10 bits per heavy atom. The molecule has 1 N–H and O–H groups in total. The molecule has 0 aliphatic rings. The highest BCUT2D eigenvalue weighted by Gasteiger charge is 2.30. The molecule has 0 fully saturated rings. The van der Waals surface area contributed by atoms with Gasteiger partial charge in [0.15, 0.2) is 0 Å². The Morgan fingerprint density at radius 3 is 2.34 bits per heavy atom. The molecule has 9 heteroatoms. The Hall–Kier alpha value is -2.81. The summed E-state index contributed by atoms with van der Waals surface area (Å²) in [6, 6.07) is 8.67. The predicted octanol–water partition coefficient (Wildman–Crippen LogP) is 2.87. The third-order valence-electron chi connectivity index (χ3n) is 4.41. The first-order valence-corrected chi connectivity index (χ1v) is 10.7. The van der Waals surface area contributed by atoms with E-state index in [-0.39, 0.29) is 5.69 Å². The van der Waals surface area contributed by atoms with E-state index >= 15 is 0 Å². The van der Waals surface area contributed by atoms with Gasteiger partial charge in [0.2, 0.25) is 15.9 Å². The first-order chi connectivity index (χ1) is 13.6. The highest BCUT2D eigenvalue weighted by Crippen LogP contribution is 2.29. The second kappa shape index (κ2) is 9.13. The van der Waals surface area contributed by atoms with Crippen molar-refractivity contribution in [2.75, 3.05) is 24.8 Å². The van der Waals surface area contributed by atoms with Gasteiger partial charge in [-0.05, 0) is 50.2 Å². The van der Waals surface area contributed by atoms with E-state index in [0.29, 0.717) is 17.1 Å². The van der Waals surface area contributed by atoms with Gasteiger partial charge in [-0.3, -0.25) is 9.10 Å². The molecular weight excluding hydrogens is 399 g/mol. The van der Waals surface area contributed by atoms with Gasteiger partial charge in [0.1, 0.15) is 23.4 Å². The maximum absolute atomic E-state index is 13.6. The van der Waals surface area contributed by atoms with Crippen molar-refractivity contribution in [3.8, 4) is 11.5 Å². The largest absolute Gasteiger partial charge is 0.497 e. The van der Waals surface area contributed by atoms with Gasteiger partial charge in [-0.25, -0.2) is 12.8 Å². The van der Waals surface area contributed by atoms with Crippen molar-refractivity contribution in [2.45, 2.75) is 25.9 Å². The molecule has 0 spiro atoms. The summed E-state index contributed by atoms with van der Waals surface area (Å²) in [6.45, 7) is 3.19. The molecule has 2 aromatic carbocycles. The number of amides is 1. The first-order valence-electron chi connectivity index (χ1n) is 8.85. The van der Waals surface area contributed by atoms with Crippen molar-refractivity contribution < 1.29 is 27.1 Å². The Kier molecular flexibility index (Phi) is 7.07. The van der Waals surface area contributed by atoms with Crippen LogP contribution in [0.3, 0.4) is 0 Å². The zero-order valence-electron chi connectivity index (χ0n) is 17.0. The monoisotopic (exact) mass is 424 g/mol. The van der Waals surface area contributed by atoms with E-state index in [4.69, 9.17) is 9.47 Å². The minimum Gasteiger partial charge on any atom is -0.497 e. The molecule has 29 heavy (non-hydrogen) atoms. The van der Waals surface area contributed by atoms with Crippen molar-refractivity contribution >= 4 is 21.6 Å². The summed E-state index contributed by atoms with van der Waals surface area (Å²) in [5, 5.41) is 2.78. The molecule has 158 valence electrons. The molecule has 0 aliphatic carbocycles. The second-order valence-electron chi connectivity index (χ2n) is 6.55. The minimum atomic E-state index is -3.84. The molecule has 0 saturated carbocycles. The van der Waals surface area contributed by atoms with E-state index in [1.165, 1.54) is 39.3 Å². The molecule has 2 rings (SSSR count). The third kappa shape index (κ3) is 5.38. The number of halogens is 1. The number of carbonyl (C=O) groups excluding carboxylic acids is 1. The molecule has 2 aromatic rings. The number of sulfonamides is 1. The van der Waals surface area contributed by atoms with Gasteiger partial charge in [0.25, 0.3) is 0 Å². The van der Waals surface area contributed by atoms with Crippen LogP contribution in [0.4, 0.5) is 10.1 Å². The maximum atomic E-state index is 13.6. The van der Waals surface area contributed by atoms with Gasteiger partial charge in [-0.15, -0.1) is 0 Å². The quantitative estimate of drug-likeness (QED) is 0.704. The molecule has 1 amide bonds. The molecule has 0 aliphatic heterocycles. The predicted molar refractivity (Wildman–Crippen MR) is 109 cm³/mol. The average Bonchev–Trinajstić information content (AvgIpc) is 2.66. The fraction of sp³-hybridized carbons (Fsp3) is 0.350. The number of hydrogen-bond acceptors (Lipinski definition) is 5. The summed E-state index contributed by atoms with van der Waals surface area (Å²) in [4.78, 5) is 12.8. The summed E-state index contributed by atoms with van der Waals surface area (Å²) in [6.07, 6.45) is 0.968. The smallest absolute Gasteiger partial charge is 0.244 e. The number of benzene rings is 2. The van der Waals surface area contributed by atoms with Crippen LogP contribution in [0.2, 0.25) is 0 Å². The lowest BCUT2D eigenvalue weighted by molar-refractivity contribution is -0.122. The van der Waals surface area contributed by atoms with Gasteiger partial charge in [0, 0.05) is 5.56 Å². The van der Waals surface area contributed by atoms with Crippen molar-refractivity contribution in [3.63, 3.8) is 0 Å². The van der Waals surface area contributed by atoms with Crippen LogP contribution in [-0.2, 0) is 14.8 Å². The molecule has 2 atom stereocenters. The van der Waals surface area contributed by atoms with Crippen LogP contribution < -0.4 is 19.1 Å². The first kappa shape index (κ1) is 22.5. The van der Waals surface area contributed by atoms with Gasteiger partial charge in [0.05, 0.1) is 32.2 Å². The van der Waals surface area contributed by atoms with Gasteiger partial charge in [-0.2, -0.15) is 0 Å². The summed E-state index contributed by atoms with van der Waals surface area (Å²) in [5.74, 6) is -0.000809. The van der Waals surface area contributed by atoms with Crippen molar-refractivity contribution in [1.82, 2.24) is 5.32 Å². The topological polar surface area (TPSA) is 84.9 Å². The van der Waals surface area contributed by atoms with Crippen LogP contribution in [0.25, 0.3) is 0 Å². The van der Waals surface area contributed by atoms with Gasteiger partial charge < -0.3 is 14.8 Å². The zero-order valence-corrected chi connectivity index (χ0v) is 17.8. The normalized spacial score (nSPS) is 13.3. The number of anilines is 1. The number of nitrogens with zero attached hydrogens (tertiary/aromatic N) is 1. The van der Waals surface area contributed by atoms with Crippen molar-refractivity contribution in [1.29, 1.82) is 0 Å². The van der Waals surface area contributed by atoms with E-state index < -0.39 is 33.8 Å². The summed E-state index contributed by atoms with van der Waals surface area (Å²) in [7, 11) is -0.802. The number of methoxy groups -OCH3 is 2. The van der Waals surface area contributed by atoms with Crippen molar-refractivity contribution in [3.05, 3.63) is 53.8 Å². The molecule has 0 radical (unpaired) electrons. The van der Waals surface area contributed by atoms with E-state index in [9.17, 15) is 17.6 Å². The average molecular weight is 424 g/mol. The van der Waals surface area contributed by atoms with E-state index in [2.05, 4.69) is 5.32 Å². The highest BCUT2D eigenvalue weighted by molar-refractivity contribution is 7.92. The fourth-order valence-corrected chi connectivity index (χ4v) is 4.18.